The molecule has 2 heterocycles. The van der Waals surface area contributed by atoms with E-state index in [0.717, 1.165) is 22.6 Å². The summed E-state index contributed by atoms with van der Waals surface area (Å²) in [4.78, 5) is 12.0. The first-order valence-corrected chi connectivity index (χ1v) is 8.20. The first-order chi connectivity index (χ1) is 11.1. The van der Waals surface area contributed by atoms with Crippen molar-refractivity contribution in [2.24, 2.45) is 5.10 Å². The Hall–Kier alpha value is -2.34. The molecule has 120 valence electrons. The Labute approximate surface area is 139 Å². The van der Waals surface area contributed by atoms with Gasteiger partial charge in [-0.2, -0.15) is 16.4 Å². The highest BCUT2D eigenvalue weighted by Crippen LogP contribution is 2.39. The fourth-order valence-corrected chi connectivity index (χ4v) is 3.40. The molecule has 1 aliphatic heterocycles. The van der Waals surface area contributed by atoms with Gasteiger partial charge in [-0.25, -0.2) is 5.01 Å². The molecular formula is C17H18N2O3S. The van der Waals surface area contributed by atoms with Gasteiger partial charge in [0.25, 0.3) is 0 Å². The Morgan fingerprint density at radius 2 is 2.13 bits per heavy atom. The molecule has 1 amide bonds. The van der Waals surface area contributed by atoms with Gasteiger partial charge in [-0.05, 0) is 29.0 Å². The van der Waals surface area contributed by atoms with Crippen LogP contribution in [0.2, 0.25) is 0 Å². The Morgan fingerprint density at radius 3 is 2.74 bits per heavy atom. The van der Waals surface area contributed by atoms with Gasteiger partial charge < -0.3 is 9.47 Å². The number of nitrogens with zero attached hydrogens (tertiary/aromatic N) is 2. The highest BCUT2D eigenvalue weighted by atomic mass is 32.1. The lowest BCUT2D eigenvalue weighted by Gasteiger charge is -2.22. The highest BCUT2D eigenvalue weighted by molar-refractivity contribution is 7.08. The summed E-state index contributed by atoms with van der Waals surface area (Å²) in [5, 5.41) is 10.1. The van der Waals surface area contributed by atoms with Gasteiger partial charge in [0.15, 0.2) is 0 Å². The number of amides is 1. The van der Waals surface area contributed by atoms with Crippen LogP contribution in [0.25, 0.3) is 0 Å². The van der Waals surface area contributed by atoms with Gasteiger partial charge in [0, 0.05) is 30.5 Å². The minimum atomic E-state index is -0.164. The van der Waals surface area contributed by atoms with Crippen LogP contribution in [0.3, 0.4) is 0 Å². The second kappa shape index (κ2) is 6.42. The van der Waals surface area contributed by atoms with Crippen molar-refractivity contribution in [2.45, 2.75) is 19.4 Å². The summed E-state index contributed by atoms with van der Waals surface area (Å²) < 4.78 is 10.7. The molecule has 0 spiro atoms. The molecule has 2 aromatic rings. The fraction of sp³-hybridized carbons (Fsp3) is 0.294. The summed E-state index contributed by atoms with van der Waals surface area (Å²) in [5.41, 5.74) is 2.91. The molecule has 1 aliphatic rings. The van der Waals surface area contributed by atoms with Crippen molar-refractivity contribution in [1.29, 1.82) is 0 Å². The first kappa shape index (κ1) is 15.6. The highest BCUT2D eigenvalue weighted by Gasteiger charge is 2.33. The van der Waals surface area contributed by atoms with Crippen LogP contribution in [-0.2, 0) is 4.79 Å². The molecular weight excluding hydrogens is 312 g/mol. The molecule has 1 aromatic heterocycles. The third kappa shape index (κ3) is 2.94. The lowest BCUT2D eigenvalue weighted by Crippen LogP contribution is -2.24. The predicted octanol–water partition coefficient (Wildman–Crippen LogP) is 3.46. The Kier molecular flexibility index (Phi) is 4.34. The van der Waals surface area contributed by atoms with E-state index in [9.17, 15) is 4.79 Å². The standard InChI is InChI=1S/C17H18N2O3S/c1-11(20)19-16(9-15(18-19)12-6-7-23-10-12)14-5-4-13(21-2)8-17(14)22-3/h4-8,10,16H,9H2,1-3H3/t16-/m1/s1. The second-order valence-corrected chi connectivity index (χ2v) is 6.03. The largest absolute Gasteiger partial charge is 0.497 e. The summed E-state index contributed by atoms with van der Waals surface area (Å²) >= 11 is 1.62. The van der Waals surface area contributed by atoms with E-state index in [1.807, 2.05) is 35.0 Å². The molecule has 1 aromatic carbocycles. The molecule has 3 rings (SSSR count). The molecule has 23 heavy (non-hydrogen) atoms. The van der Waals surface area contributed by atoms with Crippen molar-refractivity contribution in [2.75, 3.05) is 14.2 Å². The lowest BCUT2D eigenvalue weighted by molar-refractivity contribution is -0.130. The van der Waals surface area contributed by atoms with E-state index in [2.05, 4.69) is 5.10 Å². The monoisotopic (exact) mass is 330 g/mol. The number of rotatable bonds is 4. The van der Waals surface area contributed by atoms with E-state index in [1.165, 1.54) is 11.9 Å². The third-order valence-electron chi connectivity index (χ3n) is 3.89. The second-order valence-electron chi connectivity index (χ2n) is 5.25. The smallest absolute Gasteiger partial charge is 0.240 e. The van der Waals surface area contributed by atoms with E-state index in [0.29, 0.717) is 12.2 Å². The predicted molar refractivity (Wildman–Crippen MR) is 90.3 cm³/mol. The summed E-state index contributed by atoms with van der Waals surface area (Å²) in [6, 6.07) is 7.50. The van der Waals surface area contributed by atoms with Gasteiger partial charge >= 0.3 is 0 Å². The maximum atomic E-state index is 12.0. The molecule has 0 saturated carbocycles. The summed E-state index contributed by atoms with van der Waals surface area (Å²) in [6.45, 7) is 1.53. The van der Waals surface area contributed by atoms with Crippen LogP contribution in [0.5, 0.6) is 11.5 Å². The zero-order chi connectivity index (χ0) is 16.4. The normalized spacial score (nSPS) is 17.1. The first-order valence-electron chi connectivity index (χ1n) is 7.25. The fourth-order valence-electron chi connectivity index (χ4n) is 2.74. The van der Waals surface area contributed by atoms with Crippen molar-refractivity contribution < 1.29 is 14.3 Å². The van der Waals surface area contributed by atoms with Crippen LogP contribution >= 0.6 is 11.3 Å². The molecule has 5 nitrogen and oxygen atoms in total. The number of carbonyl (C=O) groups excluding carboxylic acids is 1. The molecule has 0 saturated heterocycles. The maximum Gasteiger partial charge on any atom is 0.240 e. The van der Waals surface area contributed by atoms with Gasteiger partial charge in [-0.1, -0.05) is 0 Å². The minimum Gasteiger partial charge on any atom is -0.497 e. The molecule has 6 heteroatoms. The molecule has 0 aliphatic carbocycles. The number of carbonyl (C=O) groups is 1. The summed E-state index contributed by atoms with van der Waals surface area (Å²) in [7, 11) is 3.23. The van der Waals surface area contributed by atoms with Crippen LogP contribution < -0.4 is 9.47 Å². The number of benzene rings is 1. The van der Waals surface area contributed by atoms with E-state index < -0.39 is 0 Å². The van der Waals surface area contributed by atoms with Gasteiger partial charge in [0.2, 0.25) is 5.91 Å². The van der Waals surface area contributed by atoms with Crippen LogP contribution in [0.1, 0.15) is 30.5 Å². The van der Waals surface area contributed by atoms with E-state index >= 15 is 0 Å². The average Bonchev–Trinajstić information content (AvgIpc) is 3.23. The van der Waals surface area contributed by atoms with E-state index in [-0.39, 0.29) is 11.9 Å². The van der Waals surface area contributed by atoms with E-state index in [1.54, 1.807) is 25.6 Å². The summed E-state index contributed by atoms with van der Waals surface area (Å²) in [5.74, 6) is 1.33. The Morgan fingerprint density at radius 1 is 1.30 bits per heavy atom. The number of hydrogen-bond donors (Lipinski definition) is 0. The SMILES string of the molecule is COc1ccc([C@H]2CC(c3ccsc3)=NN2C(C)=O)c(OC)c1. The maximum absolute atomic E-state index is 12.0. The molecule has 0 N–H and O–H groups in total. The van der Waals surface area contributed by atoms with Gasteiger partial charge in [0.05, 0.1) is 26.0 Å². The van der Waals surface area contributed by atoms with Gasteiger partial charge in [0.1, 0.15) is 11.5 Å². The minimum absolute atomic E-state index is 0.0851. The number of methoxy groups -OCH3 is 2. The molecule has 0 bridgehead atoms. The zero-order valence-corrected chi connectivity index (χ0v) is 14.1. The van der Waals surface area contributed by atoms with Crippen LogP contribution in [0.15, 0.2) is 40.1 Å². The topological polar surface area (TPSA) is 51.1 Å². The molecule has 0 radical (unpaired) electrons. The third-order valence-corrected chi connectivity index (χ3v) is 4.57. The average molecular weight is 330 g/mol. The van der Waals surface area contributed by atoms with Crippen LogP contribution in [0, 0.1) is 0 Å². The van der Waals surface area contributed by atoms with Crippen molar-refractivity contribution in [3.63, 3.8) is 0 Å². The lowest BCUT2D eigenvalue weighted by atomic mass is 9.98. The van der Waals surface area contributed by atoms with Crippen molar-refractivity contribution in [1.82, 2.24) is 5.01 Å². The number of ether oxygens (including phenoxy) is 2. The van der Waals surface area contributed by atoms with Crippen LogP contribution in [-0.4, -0.2) is 30.8 Å². The van der Waals surface area contributed by atoms with Crippen molar-refractivity contribution >= 4 is 23.0 Å². The quantitative estimate of drug-likeness (QED) is 0.862. The zero-order valence-electron chi connectivity index (χ0n) is 13.3. The Bertz CT molecular complexity index is 740. The summed E-state index contributed by atoms with van der Waals surface area (Å²) in [6.07, 6.45) is 0.666. The number of hydrazone groups is 1. The molecule has 1 atom stereocenters. The van der Waals surface area contributed by atoms with Crippen LogP contribution in [0.4, 0.5) is 0 Å². The van der Waals surface area contributed by atoms with Crippen molar-refractivity contribution in [3.8, 4) is 11.5 Å². The van der Waals surface area contributed by atoms with Gasteiger partial charge in [-0.3, -0.25) is 4.79 Å². The molecule has 0 unspecified atom stereocenters. The number of thiophene rings is 1. The van der Waals surface area contributed by atoms with Crippen molar-refractivity contribution in [3.05, 3.63) is 46.2 Å². The Balaban J connectivity index is 1.98. The van der Waals surface area contributed by atoms with Gasteiger partial charge in [-0.15, -0.1) is 0 Å². The van der Waals surface area contributed by atoms with E-state index in [4.69, 9.17) is 9.47 Å². The molecule has 0 fully saturated rings. The number of hydrogen-bond acceptors (Lipinski definition) is 5.